The van der Waals surface area contributed by atoms with Crippen molar-refractivity contribution in [3.63, 3.8) is 0 Å². The zero-order valence-corrected chi connectivity index (χ0v) is 14.7. The number of nitrogens with zero attached hydrogens (tertiary/aromatic N) is 4. The highest BCUT2D eigenvalue weighted by molar-refractivity contribution is 5.80. The van der Waals surface area contributed by atoms with Crippen LogP contribution in [0.4, 0.5) is 17.3 Å². The lowest BCUT2D eigenvalue weighted by molar-refractivity contribution is -0.383. The van der Waals surface area contributed by atoms with E-state index in [0.717, 1.165) is 11.1 Å². The fraction of sp³-hybridized carbons (Fsp3) is 0.111. The lowest BCUT2D eigenvalue weighted by Gasteiger charge is -2.11. The first-order valence-electron chi connectivity index (χ1n) is 8.34. The molecule has 2 heterocycles. The van der Waals surface area contributed by atoms with Crippen LogP contribution in [-0.2, 0) is 17.8 Å². The Morgan fingerprint density at radius 2 is 1.79 bits per heavy atom. The Kier molecular flexibility index (Phi) is 6.03. The molecule has 0 atom stereocenters. The molecule has 0 fully saturated rings. The summed E-state index contributed by atoms with van der Waals surface area (Å²) in [6.07, 6.45) is 4.57. The van der Waals surface area contributed by atoms with Crippen LogP contribution in [0.15, 0.2) is 61.2 Å². The second-order valence-electron chi connectivity index (χ2n) is 5.73. The van der Waals surface area contributed by atoms with Crippen LogP contribution < -0.4 is 16.2 Å². The minimum atomic E-state index is -0.614. The van der Waals surface area contributed by atoms with Crippen molar-refractivity contribution in [2.75, 3.05) is 10.7 Å². The van der Waals surface area contributed by atoms with Crippen LogP contribution >= 0.6 is 0 Å². The van der Waals surface area contributed by atoms with Crippen LogP contribution in [0.5, 0.6) is 0 Å². The zero-order valence-electron chi connectivity index (χ0n) is 14.7. The molecule has 3 aromatic rings. The van der Waals surface area contributed by atoms with Gasteiger partial charge in [-0.15, -0.1) is 0 Å². The molecule has 1 aromatic carbocycles. The fourth-order valence-corrected chi connectivity index (χ4v) is 2.42. The lowest BCUT2D eigenvalue weighted by Crippen LogP contribution is -2.31. The van der Waals surface area contributed by atoms with Crippen molar-refractivity contribution in [2.45, 2.75) is 13.0 Å². The Balaban J connectivity index is 1.68. The number of nitro groups is 1. The third-order valence-corrected chi connectivity index (χ3v) is 3.72. The zero-order chi connectivity index (χ0) is 19.8. The van der Waals surface area contributed by atoms with Crippen molar-refractivity contribution in [2.24, 2.45) is 0 Å². The van der Waals surface area contributed by atoms with E-state index in [1.807, 2.05) is 36.4 Å². The third kappa shape index (κ3) is 4.97. The summed E-state index contributed by atoms with van der Waals surface area (Å²) in [5, 5.41) is 14.4. The molecular weight excluding hydrogens is 362 g/mol. The lowest BCUT2D eigenvalue weighted by atomic mass is 10.1. The second kappa shape index (κ2) is 9.03. The topological polar surface area (TPSA) is 135 Å². The highest BCUT2D eigenvalue weighted by Gasteiger charge is 2.23. The minimum Gasteiger partial charge on any atom is -0.360 e. The van der Waals surface area contributed by atoms with Gasteiger partial charge < -0.3 is 5.32 Å². The number of rotatable bonds is 8. The Morgan fingerprint density at radius 1 is 1.04 bits per heavy atom. The standard InChI is InChI=1S/C18H17N7O3/c26-15(9-13-5-2-1-3-6-13)23-24-18-16(25(27)28)17(21-12-22-18)20-11-14-7-4-8-19-10-14/h1-8,10,12H,9,11H2,(H,23,26)(H2,20,21,22,24). The summed E-state index contributed by atoms with van der Waals surface area (Å²) in [6, 6.07) is 12.7. The summed E-state index contributed by atoms with van der Waals surface area (Å²) < 4.78 is 0. The Labute approximate surface area is 160 Å². The van der Waals surface area contributed by atoms with Crippen LogP contribution in [0.25, 0.3) is 0 Å². The first kappa shape index (κ1) is 18.7. The van der Waals surface area contributed by atoms with Gasteiger partial charge >= 0.3 is 5.69 Å². The van der Waals surface area contributed by atoms with E-state index in [4.69, 9.17) is 0 Å². The van der Waals surface area contributed by atoms with Crippen molar-refractivity contribution in [1.29, 1.82) is 0 Å². The number of anilines is 2. The average Bonchev–Trinajstić information content (AvgIpc) is 2.72. The number of pyridine rings is 1. The molecule has 0 aliphatic heterocycles. The van der Waals surface area contributed by atoms with E-state index in [2.05, 4.69) is 31.1 Å². The van der Waals surface area contributed by atoms with Gasteiger partial charge in [-0.2, -0.15) is 0 Å². The maximum Gasteiger partial charge on any atom is 0.354 e. The largest absolute Gasteiger partial charge is 0.360 e. The monoisotopic (exact) mass is 379 g/mol. The first-order valence-corrected chi connectivity index (χ1v) is 8.34. The number of carbonyl (C=O) groups excluding carboxylic acids is 1. The number of benzene rings is 1. The van der Waals surface area contributed by atoms with Gasteiger partial charge in [0.2, 0.25) is 17.5 Å². The van der Waals surface area contributed by atoms with E-state index in [9.17, 15) is 14.9 Å². The van der Waals surface area contributed by atoms with Crippen molar-refractivity contribution < 1.29 is 9.72 Å². The smallest absolute Gasteiger partial charge is 0.354 e. The molecule has 0 aliphatic rings. The molecule has 28 heavy (non-hydrogen) atoms. The summed E-state index contributed by atoms with van der Waals surface area (Å²) >= 11 is 0. The molecule has 0 aliphatic carbocycles. The van der Waals surface area contributed by atoms with Gasteiger partial charge in [-0.1, -0.05) is 36.4 Å². The molecule has 1 amide bonds. The SMILES string of the molecule is O=C(Cc1ccccc1)NNc1ncnc(NCc2cccnc2)c1[N+](=O)[O-]. The normalized spacial score (nSPS) is 10.1. The van der Waals surface area contributed by atoms with Gasteiger partial charge in [0.15, 0.2) is 0 Å². The summed E-state index contributed by atoms with van der Waals surface area (Å²) in [4.78, 5) is 34.7. The molecule has 0 saturated heterocycles. The molecule has 0 radical (unpaired) electrons. The van der Waals surface area contributed by atoms with E-state index in [1.165, 1.54) is 6.33 Å². The van der Waals surface area contributed by atoms with Crippen molar-refractivity contribution in [3.8, 4) is 0 Å². The third-order valence-electron chi connectivity index (χ3n) is 3.72. The number of hydrogen-bond acceptors (Lipinski definition) is 8. The fourth-order valence-electron chi connectivity index (χ4n) is 2.42. The number of hydrogen-bond donors (Lipinski definition) is 3. The van der Waals surface area contributed by atoms with E-state index >= 15 is 0 Å². The van der Waals surface area contributed by atoms with Crippen molar-refractivity contribution in [1.82, 2.24) is 20.4 Å². The quantitative estimate of drug-likeness (QED) is 0.400. The van der Waals surface area contributed by atoms with Crippen LogP contribution in [0.3, 0.4) is 0 Å². The predicted octanol–water partition coefficient (Wildman–Crippen LogP) is 2.08. The van der Waals surface area contributed by atoms with Gasteiger partial charge in [0.05, 0.1) is 11.3 Å². The summed E-state index contributed by atoms with van der Waals surface area (Å²) in [5.74, 6) is -0.442. The van der Waals surface area contributed by atoms with E-state index in [1.54, 1.807) is 18.5 Å². The minimum absolute atomic E-state index is 0.0312. The van der Waals surface area contributed by atoms with Gasteiger partial charge in [-0.25, -0.2) is 9.97 Å². The summed E-state index contributed by atoms with van der Waals surface area (Å²) in [5.41, 5.74) is 6.21. The molecule has 3 N–H and O–H groups in total. The van der Waals surface area contributed by atoms with E-state index in [-0.39, 0.29) is 29.7 Å². The van der Waals surface area contributed by atoms with E-state index in [0.29, 0.717) is 6.54 Å². The number of aromatic nitrogens is 3. The van der Waals surface area contributed by atoms with Gasteiger partial charge in [-0.05, 0) is 17.2 Å². The molecule has 142 valence electrons. The Hall–Kier alpha value is -4.08. The van der Waals surface area contributed by atoms with Crippen molar-refractivity contribution >= 4 is 23.2 Å². The van der Waals surface area contributed by atoms with Crippen LogP contribution in [-0.4, -0.2) is 25.8 Å². The van der Waals surface area contributed by atoms with Crippen LogP contribution in [0.2, 0.25) is 0 Å². The van der Waals surface area contributed by atoms with Gasteiger partial charge in [0.25, 0.3) is 0 Å². The molecule has 10 heteroatoms. The average molecular weight is 379 g/mol. The number of nitrogens with one attached hydrogen (secondary N) is 3. The molecule has 0 saturated carbocycles. The summed E-state index contributed by atoms with van der Waals surface area (Å²) in [6.45, 7) is 0.297. The molecular formula is C18H17N7O3. The molecule has 10 nitrogen and oxygen atoms in total. The Morgan fingerprint density at radius 3 is 2.50 bits per heavy atom. The highest BCUT2D eigenvalue weighted by atomic mass is 16.6. The second-order valence-corrected chi connectivity index (χ2v) is 5.73. The van der Waals surface area contributed by atoms with Crippen LogP contribution in [0.1, 0.15) is 11.1 Å². The number of carbonyl (C=O) groups is 1. The van der Waals surface area contributed by atoms with Gasteiger partial charge in [0, 0.05) is 18.9 Å². The van der Waals surface area contributed by atoms with E-state index < -0.39 is 4.92 Å². The molecule has 3 rings (SSSR count). The number of amides is 1. The Bertz CT molecular complexity index is 952. The molecule has 2 aromatic heterocycles. The molecule has 0 bridgehead atoms. The predicted molar refractivity (Wildman–Crippen MR) is 102 cm³/mol. The van der Waals surface area contributed by atoms with Crippen LogP contribution in [0, 0.1) is 10.1 Å². The maximum atomic E-state index is 12.1. The first-order chi connectivity index (χ1) is 13.6. The van der Waals surface area contributed by atoms with Crippen molar-refractivity contribution in [3.05, 3.63) is 82.4 Å². The molecule has 0 spiro atoms. The number of hydrazine groups is 1. The molecule has 0 unspecified atom stereocenters. The highest BCUT2D eigenvalue weighted by Crippen LogP contribution is 2.28. The maximum absolute atomic E-state index is 12.1. The van der Waals surface area contributed by atoms with Gasteiger partial charge in [-0.3, -0.25) is 30.7 Å². The van der Waals surface area contributed by atoms with Gasteiger partial charge in [0.1, 0.15) is 6.33 Å². The summed E-state index contributed by atoms with van der Waals surface area (Å²) in [7, 11) is 0.